The van der Waals surface area contributed by atoms with Gasteiger partial charge in [0.15, 0.2) is 17.4 Å². The molecule has 3 rings (SSSR count). The third kappa shape index (κ3) is 5.53. The number of nitrogens with zero attached hydrogens (tertiary/aromatic N) is 2. The number of rotatable bonds is 7. The van der Waals surface area contributed by atoms with Crippen molar-refractivity contribution in [3.63, 3.8) is 0 Å². The molecule has 30 heavy (non-hydrogen) atoms. The fourth-order valence-electron chi connectivity index (χ4n) is 2.42. The number of aromatic nitrogens is 2. The van der Waals surface area contributed by atoms with Crippen molar-refractivity contribution in [3.8, 4) is 5.75 Å². The second-order valence-corrected chi connectivity index (χ2v) is 5.86. The van der Waals surface area contributed by atoms with E-state index in [2.05, 4.69) is 31.9 Å². The number of benzene rings is 2. The van der Waals surface area contributed by atoms with Crippen molar-refractivity contribution in [2.45, 2.75) is 6.36 Å². The Hall–Kier alpha value is -3.95. The maximum atomic E-state index is 14.1. The molecule has 6 nitrogen and oxygen atoms in total. The van der Waals surface area contributed by atoms with E-state index >= 15 is 0 Å². The topological polar surface area (TPSA) is 76.1 Å². The van der Waals surface area contributed by atoms with E-state index < -0.39 is 17.9 Å². The number of ether oxygens (including phenoxy) is 1. The predicted octanol–water partition coefficient (Wildman–Crippen LogP) is 5.37. The fourth-order valence-corrected chi connectivity index (χ4v) is 2.42. The van der Waals surface area contributed by atoms with E-state index in [1.807, 2.05) is 0 Å². The van der Waals surface area contributed by atoms with E-state index in [1.165, 1.54) is 18.2 Å². The highest BCUT2D eigenvalue weighted by atomic mass is 19.4. The summed E-state index contributed by atoms with van der Waals surface area (Å²) in [5.74, 6) is -1.77. The molecule has 0 aliphatic rings. The van der Waals surface area contributed by atoms with Gasteiger partial charge >= 0.3 is 6.36 Å². The fraction of sp³-hybridized carbons (Fsp3) is 0.0500. The molecular formula is C20H14F4N4O2. The van der Waals surface area contributed by atoms with Gasteiger partial charge in [-0.1, -0.05) is 24.8 Å². The Morgan fingerprint density at radius 1 is 1.07 bits per heavy atom. The van der Waals surface area contributed by atoms with Crippen LogP contribution in [0.15, 0.2) is 67.4 Å². The van der Waals surface area contributed by atoms with Crippen molar-refractivity contribution in [2.24, 2.45) is 0 Å². The van der Waals surface area contributed by atoms with Crippen LogP contribution < -0.4 is 15.4 Å². The molecule has 0 fully saturated rings. The minimum atomic E-state index is -4.83. The zero-order chi connectivity index (χ0) is 21.7. The van der Waals surface area contributed by atoms with Gasteiger partial charge in [0.25, 0.3) is 0 Å². The highest BCUT2D eigenvalue weighted by Gasteiger charge is 2.31. The van der Waals surface area contributed by atoms with Gasteiger partial charge in [0.1, 0.15) is 5.75 Å². The van der Waals surface area contributed by atoms with Crippen LogP contribution in [0.25, 0.3) is 0 Å². The molecule has 0 unspecified atom stereocenters. The van der Waals surface area contributed by atoms with Crippen LogP contribution in [0.1, 0.15) is 10.4 Å². The minimum absolute atomic E-state index is 0.0682. The molecule has 0 radical (unpaired) electrons. The highest BCUT2D eigenvalue weighted by Crippen LogP contribution is 2.27. The van der Waals surface area contributed by atoms with Gasteiger partial charge in [0.05, 0.1) is 6.20 Å². The molecule has 1 aromatic heterocycles. The Kier molecular flexibility index (Phi) is 5.95. The molecule has 0 aliphatic heterocycles. The Balaban J connectivity index is 1.80. The smallest absolute Gasteiger partial charge is 0.406 e. The van der Waals surface area contributed by atoms with Crippen molar-refractivity contribution < 1.29 is 27.1 Å². The van der Waals surface area contributed by atoms with E-state index in [9.17, 15) is 22.4 Å². The zero-order valence-electron chi connectivity index (χ0n) is 15.2. The SMILES string of the molecule is C=CC(=O)c1cccc(Nc2nc(Nc3cccc(OC(F)(F)F)c3)ncc2F)c1. The number of allylic oxidation sites excluding steroid dienone is 1. The molecule has 0 amide bonds. The molecule has 0 atom stereocenters. The Bertz CT molecular complexity index is 1090. The second kappa shape index (κ2) is 8.60. The summed E-state index contributed by atoms with van der Waals surface area (Å²) in [4.78, 5) is 19.5. The lowest BCUT2D eigenvalue weighted by Crippen LogP contribution is -2.17. The minimum Gasteiger partial charge on any atom is -0.406 e. The lowest BCUT2D eigenvalue weighted by atomic mass is 10.1. The summed E-state index contributed by atoms with van der Waals surface area (Å²) in [7, 11) is 0. The Morgan fingerprint density at radius 2 is 1.77 bits per heavy atom. The molecule has 1 heterocycles. The zero-order valence-corrected chi connectivity index (χ0v) is 15.2. The number of nitrogens with one attached hydrogen (secondary N) is 2. The molecule has 0 saturated carbocycles. The van der Waals surface area contributed by atoms with Crippen LogP contribution in [0.5, 0.6) is 5.75 Å². The van der Waals surface area contributed by atoms with Crippen molar-refractivity contribution in [1.29, 1.82) is 0 Å². The predicted molar refractivity (Wildman–Crippen MR) is 103 cm³/mol. The molecular weight excluding hydrogens is 404 g/mol. The monoisotopic (exact) mass is 418 g/mol. The van der Waals surface area contributed by atoms with Crippen LogP contribution in [-0.4, -0.2) is 22.1 Å². The summed E-state index contributed by atoms with van der Waals surface area (Å²) < 4.78 is 55.1. The average Bonchev–Trinajstić information content (AvgIpc) is 2.69. The molecule has 0 aliphatic carbocycles. The van der Waals surface area contributed by atoms with Crippen molar-refractivity contribution in [1.82, 2.24) is 9.97 Å². The molecule has 154 valence electrons. The molecule has 3 aromatic rings. The second-order valence-electron chi connectivity index (χ2n) is 5.86. The van der Waals surface area contributed by atoms with Crippen LogP contribution >= 0.6 is 0 Å². The van der Waals surface area contributed by atoms with Crippen molar-refractivity contribution >= 4 is 28.9 Å². The van der Waals surface area contributed by atoms with Crippen molar-refractivity contribution in [3.05, 3.63) is 78.8 Å². The molecule has 2 N–H and O–H groups in total. The van der Waals surface area contributed by atoms with Gasteiger partial charge in [-0.3, -0.25) is 4.79 Å². The number of hydrogen-bond acceptors (Lipinski definition) is 6. The first-order chi connectivity index (χ1) is 14.2. The summed E-state index contributed by atoms with van der Waals surface area (Å²) in [6, 6.07) is 11.3. The summed E-state index contributed by atoms with van der Waals surface area (Å²) in [5, 5.41) is 5.41. The number of ketones is 1. The summed E-state index contributed by atoms with van der Waals surface area (Å²) in [6.45, 7) is 3.41. The molecule has 2 aromatic carbocycles. The first kappa shape index (κ1) is 20.8. The van der Waals surface area contributed by atoms with Crippen molar-refractivity contribution in [2.75, 3.05) is 10.6 Å². The quantitative estimate of drug-likeness (QED) is 0.305. The van der Waals surface area contributed by atoms with Crippen LogP contribution in [0.2, 0.25) is 0 Å². The molecule has 0 spiro atoms. The molecule has 10 heteroatoms. The number of carbonyl (C=O) groups is 1. The van der Waals surface area contributed by atoms with E-state index in [-0.39, 0.29) is 23.2 Å². The van der Waals surface area contributed by atoms with E-state index in [0.29, 0.717) is 11.3 Å². The summed E-state index contributed by atoms with van der Waals surface area (Å²) >= 11 is 0. The number of halogens is 4. The normalized spacial score (nSPS) is 10.9. The Labute approximate surface area is 168 Å². The third-order valence-corrected chi connectivity index (χ3v) is 3.66. The maximum Gasteiger partial charge on any atom is 0.573 e. The number of anilines is 4. The van der Waals surface area contributed by atoms with E-state index in [4.69, 9.17) is 0 Å². The van der Waals surface area contributed by atoms with Gasteiger partial charge < -0.3 is 15.4 Å². The lowest BCUT2D eigenvalue weighted by molar-refractivity contribution is -0.274. The van der Waals surface area contributed by atoms with Gasteiger partial charge in [-0.25, -0.2) is 9.37 Å². The van der Waals surface area contributed by atoms with E-state index in [1.54, 1.807) is 18.2 Å². The van der Waals surface area contributed by atoms with Crippen LogP contribution in [0.3, 0.4) is 0 Å². The van der Waals surface area contributed by atoms with Gasteiger partial charge in [0, 0.05) is 23.0 Å². The number of alkyl halides is 3. The lowest BCUT2D eigenvalue weighted by Gasteiger charge is -2.12. The summed E-state index contributed by atoms with van der Waals surface area (Å²) in [5.41, 5.74) is 0.948. The number of carbonyl (C=O) groups excluding carboxylic acids is 1. The van der Waals surface area contributed by atoms with Gasteiger partial charge in [0.2, 0.25) is 5.95 Å². The Morgan fingerprint density at radius 3 is 2.47 bits per heavy atom. The van der Waals surface area contributed by atoms with E-state index in [0.717, 1.165) is 24.4 Å². The van der Waals surface area contributed by atoms with Crippen LogP contribution in [-0.2, 0) is 0 Å². The van der Waals surface area contributed by atoms with Crippen LogP contribution in [0, 0.1) is 5.82 Å². The first-order valence-corrected chi connectivity index (χ1v) is 8.43. The largest absolute Gasteiger partial charge is 0.573 e. The first-order valence-electron chi connectivity index (χ1n) is 8.43. The third-order valence-electron chi connectivity index (χ3n) is 3.66. The van der Waals surface area contributed by atoms with Gasteiger partial charge in [-0.15, -0.1) is 13.2 Å². The van der Waals surface area contributed by atoms with Gasteiger partial charge in [-0.05, 0) is 30.3 Å². The van der Waals surface area contributed by atoms with Crippen LogP contribution in [0.4, 0.5) is 40.7 Å². The summed E-state index contributed by atoms with van der Waals surface area (Å²) in [6.07, 6.45) is -2.78. The standard InChI is InChI=1S/C20H14F4N4O2/c1-2-17(29)12-5-3-6-13(9-12)26-18-16(21)11-25-19(28-18)27-14-7-4-8-15(10-14)30-20(22,23)24/h2-11H,1H2,(H2,25,26,27,28). The molecule has 0 bridgehead atoms. The average molecular weight is 418 g/mol. The molecule has 0 saturated heterocycles. The highest BCUT2D eigenvalue weighted by molar-refractivity contribution is 6.04. The maximum absolute atomic E-state index is 14.1. The van der Waals surface area contributed by atoms with Gasteiger partial charge in [-0.2, -0.15) is 4.98 Å². The number of hydrogen-bond donors (Lipinski definition) is 2.